The van der Waals surface area contributed by atoms with E-state index in [1.54, 1.807) is 6.92 Å². The second kappa shape index (κ2) is 8.23. The molecule has 0 rings (SSSR count). The Morgan fingerprint density at radius 3 is 2.12 bits per heavy atom. The molecule has 0 aromatic heterocycles. The molecule has 7 heteroatoms. The minimum absolute atomic E-state index is 0.0289. The Labute approximate surface area is 103 Å². The Balaban J connectivity index is 3.35. The number of unbranched alkanes of at least 4 members (excludes halogenated alkanes) is 3. The Kier molecular flexibility index (Phi) is 8.27. The summed E-state index contributed by atoms with van der Waals surface area (Å²) in [6.45, 7) is 1.74. The number of rotatable bonds is 10. The SMILES string of the molecule is CCCC(F)(F)[SiH2]CCCCCC[Si](F)(F)F. The summed E-state index contributed by atoms with van der Waals surface area (Å²) in [5, 5.41) is 0. The summed E-state index contributed by atoms with van der Waals surface area (Å²) in [4.78, 5) is 0. The number of halogens is 5. The molecular formula is C10H21F5Si2. The first-order chi connectivity index (χ1) is 7.77. The van der Waals surface area contributed by atoms with Crippen LogP contribution in [0.2, 0.25) is 12.1 Å². The summed E-state index contributed by atoms with van der Waals surface area (Å²) < 4.78 is 61.9. The predicted molar refractivity (Wildman–Crippen MR) is 65.6 cm³/mol. The second-order valence-electron chi connectivity index (χ2n) is 4.49. The van der Waals surface area contributed by atoms with E-state index >= 15 is 0 Å². The molecular weight excluding hydrogens is 271 g/mol. The lowest BCUT2D eigenvalue weighted by atomic mass is 10.2. The lowest BCUT2D eigenvalue weighted by molar-refractivity contribution is 0.0794. The lowest BCUT2D eigenvalue weighted by Gasteiger charge is -2.14. The fourth-order valence-corrected chi connectivity index (χ4v) is 4.11. The Morgan fingerprint density at radius 2 is 1.59 bits per heavy atom. The van der Waals surface area contributed by atoms with Gasteiger partial charge >= 0.3 is 9.08 Å². The predicted octanol–water partition coefficient (Wildman–Crippen LogP) is 4.37. The van der Waals surface area contributed by atoms with Crippen LogP contribution in [0.3, 0.4) is 0 Å². The minimum Gasteiger partial charge on any atom is -0.238 e. The van der Waals surface area contributed by atoms with Crippen LogP contribution in [0, 0.1) is 0 Å². The van der Waals surface area contributed by atoms with Gasteiger partial charge in [-0.05, 0) is 6.42 Å². The third-order valence-electron chi connectivity index (χ3n) is 2.62. The van der Waals surface area contributed by atoms with Gasteiger partial charge in [0, 0.05) is 12.5 Å². The van der Waals surface area contributed by atoms with Crippen LogP contribution < -0.4 is 0 Å². The summed E-state index contributed by atoms with van der Waals surface area (Å²) in [5.74, 6) is 0. The van der Waals surface area contributed by atoms with Gasteiger partial charge in [-0.25, -0.2) is 21.1 Å². The van der Waals surface area contributed by atoms with Crippen LogP contribution in [-0.4, -0.2) is 24.1 Å². The highest BCUT2D eigenvalue weighted by Gasteiger charge is 2.35. The van der Waals surface area contributed by atoms with Crippen molar-refractivity contribution in [1.29, 1.82) is 0 Å². The molecule has 0 saturated carbocycles. The van der Waals surface area contributed by atoms with Crippen molar-refractivity contribution in [2.24, 2.45) is 0 Å². The molecule has 0 fully saturated rings. The smallest absolute Gasteiger partial charge is 0.238 e. The van der Waals surface area contributed by atoms with E-state index in [0.29, 0.717) is 31.7 Å². The van der Waals surface area contributed by atoms with Crippen LogP contribution in [-0.2, 0) is 0 Å². The maximum Gasteiger partial charge on any atom is 0.616 e. The van der Waals surface area contributed by atoms with Crippen molar-refractivity contribution < 1.29 is 21.1 Å². The summed E-state index contributed by atoms with van der Waals surface area (Å²) in [7, 11) is -6.76. The van der Waals surface area contributed by atoms with Crippen molar-refractivity contribution >= 4 is 18.6 Å². The zero-order chi connectivity index (χ0) is 13.4. The second-order valence-corrected chi connectivity index (χ2v) is 8.46. The monoisotopic (exact) mass is 292 g/mol. The van der Waals surface area contributed by atoms with Gasteiger partial charge in [0.1, 0.15) is 9.52 Å². The van der Waals surface area contributed by atoms with E-state index in [1.807, 2.05) is 0 Å². The van der Waals surface area contributed by atoms with Crippen LogP contribution in [0.5, 0.6) is 0 Å². The van der Waals surface area contributed by atoms with Crippen LogP contribution in [0.25, 0.3) is 0 Å². The van der Waals surface area contributed by atoms with Gasteiger partial charge in [0.2, 0.25) is 5.55 Å². The van der Waals surface area contributed by atoms with Crippen LogP contribution >= 0.6 is 0 Å². The first-order valence-corrected chi connectivity index (χ1v) is 9.76. The quantitative estimate of drug-likeness (QED) is 0.243. The van der Waals surface area contributed by atoms with E-state index in [-0.39, 0.29) is 12.8 Å². The Hall–Kier alpha value is 0.0838. The van der Waals surface area contributed by atoms with Crippen molar-refractivity contribution in [1.82, 2.24) is 0 Å². The van der Waals surface area contributed by atoms with Gasteiger partial charge in [0.25, 0.3) is 0 Å². The van der Waals surface area contributed by atoms with E-state index in [9.17, 15) is 21.1 Å². The van der Waals surface area contributed by atoms with Gasteiger partial charge in [-0.1, -0.05) is 38.7 Å². The van der Waals surface area contributed by atoms with Crippen LogP contribution in [0.1, 0.15) is 45.4 Å². The van der Waals surface area contributed by atoms with Crippen LogP contribution in [0.4, 0.5) is 21.1 Å². The first-order valence-electron chi connectivity index (χ1n) is 6.21. The summed E-state index contributed by atoms with van der Waals surface area (Å²) in [6, 6.07) is -0.0626. The van der Waals surface area contributed by atoms with Crippen molar-refractivity contribution in [3.05, 3.63) is 0 Å². The third kappa shape index (κ3) is 12.3. The van der Waals surface area contributed by atoms with E-state index in [2.05, 4.69) is 0 Å². The van der Waals surface area contributed by atoms with E-state index in [0.717, 1.165) is 0 Å². The lowest BCUT2D eigenvalue weighted by Crippen LogP contribution is -2.24. The Bertz CT molecular complexity index is 194. The molecule has 0 aliphatic rings. The molecule has 17 heavy (non-hydrogen) atoms. The average Bonchev–Trinajstić information content (AvgIpc) is 2.14. The summed E-state index contributed by atoms with van der Waals surface area (Å²) in [6.07, 6.45) is 2.52. The average molecular weight is 292 g/mol. The van der Waals surface area contributed by atoms with Gasteiger partial charge in [-0.2, -0.15) is 0 Å². The highest BCUT2D eigenvalue weighted by molar-refractivity contribution is 6.58. The van der Waals surface area contributed by atoms with Gasteiger partial charge in [-0.3, -0.25) is 0 Å². The van der Waals surface area contributed by atoms with Crippen molar-refractivity contribution in [3.63, 3.8) is 0 Å². The fraction of sp³-hybridized carbons (Fsp3) is 1.00. The van der Waals surface area contributed by atoms with Crippen molar-refractivity contribution in [3.8, 4) is 0 Å². The standard InChI is InChI=1S/C10H21F5Si2/c1-2-7-10(11,12)16-8-5-3-4-6-9-17(13,14)15/h2-9,16H2,1H3. The molecule has 0 atom stereocenters. The molecule has 0 amide bonds. The van der Waals surface area contributed by atoms with E-state index in [1.165, 1.54) is 0 Å². The molecule has 0 bridgehead atoms. The maximum atomic E-state index is 13.1. The highest BCUT2D eigenvalue weighted by atomic mass is 28.5. The molecule has 0 unspecified atom stereocenters. The molecule has 0 aromatic carbocycles. The molecule has 104 valence electrons. The zero-order valence-corrected chi connectivity index (χ0v) is 12.7. The van der Waals surface area contributed by atoms with Crippen molar-refractivity contribution in [2.45, 2.75) is 63.1 Å². The van der Waals surface area contributed by atoms with E-state index in [4.69, 9.17) is 0 Å². The molecule has 0 N–H and O–H groups in total. The van der Waals surface area contributed by atoms with Gasteiger partial charge in [0.15, 0.2) is 0 Å². The summed E-state index contributed by atoms with van der Waals surface area (Å²) in [5.41, 5.74) is -2.45. The largest absolute Gasteiger partial charge is 0.616 e. The highest BCUT2D eigenvalue weighted by Crippen LogP contribution is 2.22. The molecule has 0 aliphatic carbocycles. The maximum absolute atomic E-state index is 13.1. The van der Waals surface area contributed by atoms with Crippen LogP contribution in [0.15, 0.2) is 0 Å². The third-order valence-corrected chi connectivity index (χ3v) is 5.48. The minimum atomic E-state index is -5.38. The van der Waals surface area contributed by atoms with E-state index < -0.39 is 30.2 Å². The summed E-state index contributed by atoms with van der Waals surface area (Å²) >= 11 is 0. The Morgan fingerprint density at radius 1 is 1.00 bits per heavy atom. The normalized spacial score (nSPS) is 13.8. The molecule has 0 radical (unpaired) electrons. The zero-order valence-electron chi connectivity index (χ0n) is 10.3. The number of hydrogen-bond acceptors (Lipinski definition) is 0. The van der Waals surface area contributed by atoms with Gasteiger partial charge in [-0.15, -0.1) is 0 Å². The molecule has 0 heterocycles. The van der Waals surface area contributed by atoms with Gasteiger partial charge < -0.3 is 0 Å². The fourth-order valence-electron chi connectivity index (χ4n) is 1.73. The van der Waals surface area contributed by atoms with Gasteiger partial charge in [0.05, 0.1) is 0 Å². The number of alkyl halides is 2. The first kappa shape index (κ1) is 17.1. The molecule has 0 saturated heterocycles. The molecule has 0 spiro atoms. The molecule has 0 aromatic rings. The molecule has 0 aliphatic heterocycles. The number of hydrogen-bond donors (Lipinski definition) is 0. The topological polar surface area (TPSA) is 0 Å². The van der Waals surface area contributed by atoms with Crippen molar-refractivity contribution in [2.75, 3.05) is 0 Å². The molecule has 0 nitrogen and oxygen atoms in total.